The van der Waals surface area contributed by atoms with Crippen LogP contribution in [-0.2, 0) is 4.79 Å². The zero-order chi connectivity index (χ0) is 16.2. The number of rotatable bonds is 4. The Labute approximate surface area is 137 Å². The molecule has 5 heteroatoms. The number of fused-ring (bicyclic) bond motifs is 1. The molecule has 2 aromatic rings. The van der Waals surface area contributed by atoms with Crippen molar-refractivity contribution in [2.75, 3.05) is 44.6 Å². The molecule has 0 atom stereocenters. The molecule has 1 aromatic carbocycles. The van der Waals surface area contributed by atoms with Gasteiger partial charge in [-0.05, 0) is 24.6 Å². The van der Waals surface area contributed by atoms with Gasteiger partial charge in [-0.1, -0.05) is 18.2 Å². The molecule has 23 heavy (non-hydrogen) atoms. The van der Waals surface area contributed by atoms with Crippen LogP contribution in [0.25, 0.3) is 10.9 Å². The number of aryl methyl sites for hydroxylation is 1. The van der Waals surface area contributed by atoms with Crippen molar-refractivity contribution in [3.05, 3.63) is 35.9 Å². The molecule has 1 N–H and O–H groups in total. The van der Waals surface area contributed by atoms with Crippen LogP contribution in [-0.4, -0.2) is 60.0 Å². The first kappa shape index (κ1) is 15.7. The van der Waals surface area contributed by atoms with Gasteiger partial charge in [-0.3, -0.25) is 9.69 Å². The summed E-state index contributed by atoms with van der Waals surface area (Å²) in [5.74, 6) is 1.11. The van der Waals surface area contributed by atoms with Crippen LogP contribution in [0.15, 0.2) is 30.3 Å². The Morgan fingerprint density at radius 3 is 2.70 bits per heavy atom. The maximum Gasteiger partial charge on any atom is 0.219 e. The van der Waals surface area contributed by atoms with E-state index in [4.69, 9.17) is 0 Å². The molecule has 1 fully saturated rings. The summed E-state index contributed by atoms with van der Waals surface area (Å²) in [5, 5.41) is 4.63. The Balaban J connectivity index is 1.52. The van der Waals surface area contributed by atoms with Gasteiger partial charge in [0.05, 0.1) is 5.52 Å². The second kappa shape index (κ2) is 6.96. The Morgan fingerprint density at radius 1 is 1.22 bits per heavy atom. The summed E-state index contributed by atoms with van der Waals surface area (Å²) in [6.45, 7) is 9.17. The third kappa shape index (κ3) is 3.79. The number of nitrogens with one attached hydrogen (secondary N) is 1. The van der Waals surface area contributed by atoms with E-state index in [0.29, 0.717) is 0 Å². The number of aromatic nitrogens is 1. The van der Waals surface area contributed by atoms with Gasteiger partial charge in [-0.2, -0.15) is 0 Å². The number of pyridine rings is 1. The molecule has 0 bridgehead atoms. The number of carbonyl (C=O) groups excluding carboxylic acids is 1. The topological polar surface area (TPSA) is 48.5 Å². The van der Waals surface area contributed by atoms with Crippen molar-refractivity contribution in [1.82, 2.24) is 14.8 Å². The van der Waals surface area contributed by atoms with Crippen LogP contribution in [0.2, 0.25) is 0 Å². The first-order valence-corrected chi connectivity index (χ1v) is 8.21. The van der Waals surface area contributed by atoms with Crippen molar-refractivity contribution >= 4 is 22.6 Å². The zero-order valence-corrected chi connectivity index (χ0v) is 13.9. The van der Waals surface area contributed by atoms with Crippen molar-refractivity contribution in [2.24, 2.45) is 0 Å². The third-order valence-electron chi connectivity index (χ3n) is 4.47. The van der Waals surface area contributed by atoms with Crippen LogP contribution >= 0.6 is 0 Å². The molecular weight excluding hydrogens is 288 g/mol. The monoisotopic (exact) mass is 312 g/mol. The quantitative estimate of drug-likeness (QED) is 0.939. The number of nitrogens with zero attached hydrogens (tertiary/aromatic N) is 3. The number of hydrogen-bond acceptors (Lipinski definition) is 4. The Bertz CT molecular complexity index is 692. The summed E-state index contributed by atoms with van der Waals surface area (Å²) < 4.78 is 0. The Morgan fingerprint density at radius 2 is 1.96 bits per heavy atom. The summed E-state index contributed by atoms with van der Waals surface area (Å²) in [4.78, 5) is 20.3. The normalized spacial score (nSPS) is 15.8. The van der Waals surface area contributed by atoms with E-state index >= 15 is 0 Å². The van der Waals surface area contributed by atoms with E-state index in [1.807, 2.05) is 17.0 Å². The highest BCUT2D eigenvalue weighted by Crippen LogP contribution is 2.19. The van der Waals surface area contributed by atoms with Crippen LogP contribution in [0, 0.1) is 6.92 Å². The minimum absolute atomic E-state index is 0.179. The number of amides is 1. The number of anilines is 1. The van der Waals surface area contributed by atoms with Gasteiger partial charge in [0.2, 0.25) is 5.91 Å². The van der Waals surface area contributed by atoms with Crippen molar-refractivity contribution in [3.63, 3.8) is 0 Å². The number of hydrogen-bond donors (Lipinski definition) is 1. The average molecular weight is 312 g/mol. The summed E-state index contributed by atoms with van der Waals surface area (Å²) >= 11 is 0. The first-order valence-electron chi connectivity index (χ1n) is 8.21. The van der Waals surface area contributed by atoms with Crippen molar-refractivity contribution in [1.29, 1.82) is 0 Å². The summed E-state index contributed by atoms with van der Waals surface area (Å²) in [6.07, 6.45) is 0. The van der Waals surface area contributed by atoms with Crippen LogP contribution < -0.4 is 5.32 Å². The first-order chi connectivity index (χ1) is 11.1. The van der Waals surface area contributed by atoms with Crippen LogP contribution in [0.3, 0.4) is 0 Å². The highest BCUT2D eigenvalue weighted by atomic mass is 16.2. The van der Waals surface area contributed by atoms with Crippen LogP contribution in [0.1, 0.15) is 12.5 Å². The number of carbonyl (C=O) groups is 1. The Kier molecular flexibility index (Phi) is 4.76. The number of piperazine rings is 1. The van der Waals surface area contributed by atoms with E-state index in [-0.39, 0.29) is 5.91 Å². The van der Waals surface area contributed by atoms with E-state index in [1.165, 1.54) is 10.9 Å². The maximum atomic E-state index is 11.3. The van der Waals surface area contributed by atoms with Crippen molar-refractivity contribution in [2.45, 2.75) is 13.8 Å². The largest absolute Gasteiger partial charge is 0.369 e. The van der Waals surface area contributed by atoms with E-state index in [9.17, 15) is 4.79 Å². The van der Waals surface area contributed by atoms with Crippen molar-refractivity contribution in [3.8, 4) is 0 Å². The average Bonchev–Trinajstić information content (AvgIpc) is 2.55. The van der Waals surface area contributed by atoms with Gasteiger partial charge < -0.3 is 10.2 Å². The molecule has 2 heterocycles. The molecule has 1 aromatic heterocycles. The van der Waals surface area contributed by atoms with Crippen molar-refractivity contribution < 1.29 is 4.79 Å². The van der Waals surface area contributed by atoms with Gasteiger partial charge in [-0.25, -0.2) is 4.98 Å². The van der Waals surface area contributed by atoms with E-state index < -0.39 is 0 Å². The summed E-state index contributed by atoms with van der Waals surface area (Å²) in [7, 11) is 0. The standard InChI is InChI=1S/C18H24N4O/c1-14-13-18(20-17-6-4-3-5-16(14)17)19-7-8-21-9-11-22(12-10-21)15(2)23/h3-6,13H,7-12H2,1-2H3,(H,19,20). The molecule has 1 amide bonds. The molecule has 0 unspecified atom stereocenters. The van der Waals surface area contributed by atoms with E-state index in [1.54, 1.807) is 6.92 Å². The molecule has 0 spiro atoms. The molecule has 0 saturated carbocycles. The van der Waals surface area contributed by atoms with Crippen LogP contribution in [0.5, 0.6) is 0 Å². The minimum Gasteiger partial charge on any atom is -0.369 e. The van der Waals surface area contributed by atoms with Gasteiger partial charge in [0, 0.05) is 51.6 Å². The fourth-order valence-corrected chi connectivity index (χ4v) is 3.07. The highest BCUT2D eigenvalue weighted by Gasteiger charge is 2.17. The third-order valence-corrected chi connectivity index (χ3v) is 4.47. The zero-order valence-electron chi connectivity index (χ0n) is 13.9. The van der Waals surface area contributed by atoms with Gasteiger partial charge in [0.15, 0.2) is 0 Å². The molecule has 1 aliphatic heterocycles. The summed E-state index contributed by atoms with van der Waals surface area (Å²) in [5.41, 5.74) is 2.28. The molecule has 122 valence electrons. The molecular formula is C18H24N4O. The number of benzene rings is 1. The van der Waals surface area contributed by atoms with Gasteiger partial charge >= 0.3 is 0 Å². The van der Waals surface area contributed by atoms with E-state index in [0.717, 1.165) is 50.6 Å². The van der Waals surface area contributed by atoms with Gasteiger partial charge in [0.1, 0.15) is 5.82 Å². The lowest BCUT2D eigenvalue weighted by molar-refractivity contribution is -0.130. The maximum absolute atomic E-state index is 11.3. The molecule has 1 aliphatic rings. The molecule has 0 radical (unpaired) electrons. The smallest absolute Gasteiger partial charge is 0.219 e. The summed E-state index contributed by atoms with van der Waals surface area (Å²) in [6, 6.07) is 10.3. The molecule has 0 aliphatic carbocycles. The minimum atomic E-state index is 0.179. The molecule has 5 nitrogen and oxygen atoms in total. The second-order valence-corrected chi connectivity index (χ2v) is 6.12. The SMILES string of the molecule is CC(=O)N1CCN(CCNc2cc(C)c3ccccc3n2)CC1. The lowest BCUT2D eigenvalue weighted by atomic mass is 10.1. The lowest BCUT2D eigenvalue weighted by Crippen LogP contribution is -2.49. The van der Waals surface area contributed by atoms with Gasteiger partial charge in [-0.15, -0.1) is 0 Å². The van der Waals surface area contributed by atoms with E-state index in [2.05, 4.69) is 40.3 Å². The van der Waals surface area contributed by atoms with Crippen LogP contribution in [0.4, 0.5) is 5.82 Å². The highest BCUT2D eigenvalue weighted by molar-refractivity contribution is 5.83. The predicted octanol–water partition coefficient (Wildman–Crippen LogP) is 2.12. The predicted molar refractivity (Wildman–Crippen MR) is 93.7 cm³/mol. The lowest BCUT2D eigenvalue weighted by Gasteiger charge is -2.34. The number of para-hydroxylation sites is 1. The fraction of sp³-hybridized carbons (Fsp3) is 0.444. The molecule has 3 rings (SSSR count). The fourth-order valence-electron chi connectivity index (χ4n) is 3.07. The Hall–Kier alpha value is -2.14. The van der Waals surface area contributed by atoms with Gasteiger partial charge in [0.25, 0.3) is 0 Å². The second-order valence-electron chi connectivity index (χ2n) is 6.12. The molecule has 1 saturated heterocycles.